The molecule has 2 atom stereocenters. The van der Waals surface area contributed by atoms with Crippen LogP contribution >= 0.6 is 11.8 Å². The summed E-state index contributed by atoms with van der Waals surface area (Å²) in [5.74, 6) is 0.965. The van der Waals surface area contributed by atoms with E-state index in [4.69, 9.17) is 5.11 Å². The van der Waals surface area contributed by atoms with Gasteiger partial charge < -0.3 is 10.4 Å². The van der Waals surface area contributed by atoms with Gasteiger partial charge >= 0.3 is 0 Å². The van der Waals surface area contributed by atoms with Crippen molar-refractivity contribution in [2.75, 3.05) is 12.4 Å². The Balaban J connectivity index is 2.69. The molecule has 0 heterocycles. The molecule has 4 heteroatoms. The van der Waals surface area contributed by atoms with Crippen molar-refractivity contribution in [1.82, 2.24) is 5.32 Å². The van der Waals surface area contributed by atoms with Gasteiger partial charge in [0.05, 0.1) is 0 Å². The normalized spacial score (nSPS) is 14.0. The number of aliphatic hydroxyl groups is 1. The van der Waals surface area contributed by atoms with E-state index in [1.807, 2.05) is 38.1 Å². The molecular weight excluding hydrogens is 246 g/mol. The van der Waals surface area contributed by atoms with Crippen molar-refractivity contribution in [2.24, 2.45) is 5.92 Å². The first-order chi connectivity index (χ1) is 8.58. The SMILES string of the molecule is CCSc1cccc(C(=O)NC(C)C(C)CO)c1. The molecule has 0 spiro atoms. The number of carbonyl (C=O) groups is 1. The van der Waals surface area contributed by atoms with Crippen molar-refractivity contribution >= 4 is 17.7 Å². The van der Waals surface area contributed by atoms with Gasteiger partial charge in [-0.2, -0.15) is 0 Å². The first-order valence-electron chi connectivity index (χ1n) is 6.23. The Morgan fingerprint density at radius 3 is 2.78 bits per heavy atom. The lowest BCUT2D eigenvalue weighted by Crippen LogP contribution is -2.38. The largest absolute Gasteiger partial charge is 0.396 e. The van der Waals surface area contributed by atoms with Crippen LogP contribution in [0.2, 0.25) is 0 Å². The number of hydrogen-bond donors (Lipinski definition) is 2. The first-order valence-corrected chi connectivity index (χ1v) is 7.21. The number of rotatable bonds is 6. The predicted molar refractivity (Wildman–Crippen MR) is 76.0 cm³/mol. The maximum atomic E-state index is 12.0. The summed E-state index contributed by atoms with van der Waals surface area (Å²) in [6.45, 7) is 5.98. The maximum absolute atomic E-state index is 12.0. The van der Waals surface area contributed by atoms with Crippen LogP contribution in [0.25, 0.3) is 0 Å². The number of thioether (sulfide) groups is 1. The number of nitrogens with one attached hydrogen (secondary N) is 1. The van der Waals surface area contributed by atoms with E-state index in [0.29, 0.717) is 5.56 Å². The van der Waals surface area contributed by atoms with Gasteiger partial charge in [-0.1, -0.05) is 19.9 Å². The van der Waals surface area contributed by atoms with Gasteiger partial charge in [-0.3, -0.25) is 4.79 Å². The molecule has 1 rings (SSSR count). The van der Waals surface area contributed by atoms with E-state index in [-0.39, 0.29) is 24.5 Å². The molecular formula is C14H21NO2S. The lowest BCUT2D eigenvalue weighted by atomic mass is 10.0. The van der Waals surface area contributed by atoms with E-state index in [2.05, 4.69) is 12.2 Å². The summed E-state index contributed by atoms with van der Waals surface area (Å²) >= 11 is 1.72. The van der Waals surface area contributed by atoms with Crippen LogP contribution in [0.1, 0.15) is 31.1 Å². The molecule has 0 aliphatic rings. The summed E-state index contributed by atoms with van der Waals surface area (Å²) in [7, 11) is 0. The van der Waals surface area contributed by atoms with E-state index in [0.717, 1.165) is 10.6 Å². The average Bonchev–Trinajstić information content (AvgIpc) is 2.38. The van der Waals surface area contributed by atoms with Crippen molar-refractivity contribution < 1.29 is 9.90 Å². The molecule has 0 saturated carbocycles. The lowest BCUT2D eigenvalue weighted by Gasteiger charge is -2.19. The Morgan fingerprint density at radius 2 is 2.17 bits per heavy atom. The number of carbonyl (C=O) groups excluding carboxylic acids is 1. The van der Waals surface area contributed by atoms with Crippen LogP contribution in [0.5, 0.6) is 0 Å². The van der Waals surface area contributed by atoms with E-state index >= 15 is 0 Å². The summed E-state index contributed by atoms with van der Waals surface area (Å²) in [6.07, 6.45) is 0. The average molecular weight is 267 g/mol. The van der Waals surface area contributed by atoms with Gasteiger partial charge in [-0.25, -0.2) is 0 Å². The van der Waals surface area contributed by atoms with Crippen molar-refractivity contribution in [1.29, 1.82) is 0 Å². The van der Waals surface area contributed by atoms with Gasteiger partial charge in [0.2, 0.25) is 0 Å². The van der Waals surface area contributed by atoms with E-state index in [1.165, 1.54) is 0 Å². The Hall–Kier alpha value is -1.00. The minimum absolute atomic E-state index is 0.0371. The maximum Gasteiger partial charge on any atom is 0.251 e. The van der Waals surface area contributed by atoms with E-state index in [9.17, 15) is 4.79 Å². The van der Waals surface area contributed by atoms with Gasteiger partial charge in [0.25, 0.3) is 5.91 Å². The van der Waals surface area contributed by atoms with Gasteiger partial charge in [-0.15, -0.1) is 11.8 Å². The zero-order valence-electron chi connectivity index (χ0n) is 11.1. The second-order valence-electron chi connectivity index (χ2n) is 4.38. The quantitative estimate of drug-likeness (QED) is 0.779. The molecule has 1 aromatic rings. The van der Waals surface area contributed by atoms with Crippen molar-refractivity contribution in [3.63, 3.8) is 0 Å². The van der Waals surface area contributed by atoms with Crippen molar-refractivity contribution in [3.05, 3.63) is 29.8 Å². The number of amides is 1. The van der Waals surface area contributed by atoms with Crippen molar-refractivity contribution in [2.45, 2.75) is 31.7 Å². The summed E-state index contributed by atoms with van der Waals surface area (Å²) in [5, 5.41) is 12.0. The van der Waals surface area contributed by atoms with Crippen LogP contribution in [0.15, 0.2) is 29.2 Å². The zero-order valence-corrected chi connectivity index (χ0v) is 12.0. The Labute approximate surface area is 113 Å². The second-order valence-corrected chi connectivity index (χ2v) is 5.72. The molecule has 1 amide bonds. The third kappa shape index (κ3) is 4.35. The number of aliphatic hydroxyl groups excluding tert-OH is 1. The van der Waals surface area contributed by atoms with Gasteiger partial charge in [-0.05, 0) is 36.8 Å². The number of hydrogen-bond acceptors (Lipinski definition) is 3. The zero-order chi connectivity index (χ0) is 13.5. The molecule has 0 aliphatic carbocycles. The Kier molecular flexibility index (Phi) is 6.22. The minimum Gasteiger partial charge on any atom is -0.396 e. The lowest BCUT2D eigenvalue weighted by molar-refractivity contribution is 0.0916. The fraction of sp³-hybridized carbons (Fsp3) is 0.500. The highest BCUT2D eigenvalue weighted by atomic mass is 32.2. The summed E-state index contributed by atoms with van der Waals surface area (Å²) in [5.41, 5.74) is 0.672. The monoisotopic (exact) mass is 267 g/mol. The molecule has 3 nitrogen and oxygen atoms in total. The third-order valence-corrected chi connectivity index (χ3v) is 3.78. The van der Waals surface area contributed by atoms with E-state index in [1.54, 1.807) is 11.8 Å². The van der Waals surface area contributed by atoms with Crippen LogP contribution in [-0.2, 0) is 0 Å². The highest BCUT2D eigenvalue weighted by Gasteiger charge is 2.15. The molecule has 0 saturated heterocycles. The van der Waals surface area contributed by atoms with Crippen LogP contribution in [-0.4, -0.2) is 29.4 Å². The molecule has 0 fully saturated rings. The molecule has 2 N–H and O–H groups in total. The minimum atomic E-state index is -0.0821. The highest BCUT2D eigenvalue weighted by Crippen LogP contribution is 2.18. The van der Waals surface area contributed by atoms with Crippen LogP contribution in [0.3, 0.4) is 0 Å². The fourth-order valence-corrected chi connectivity index (χ4v) is 2.20. The molecule has 0 aromatic heterocycles. The van der Waals surface area contributed by atoms with Crippen molar-refractivity contribution in [3.8, 4) is 0 Å². The molecule has 100 valence electrons. The topological polar surface area (TPSA) is 49.3 Å². The molecule has 0 radical (unpaired) electrons. The first kappa shape index (κ1) is 15.1. The predicted octanol–water partition coefficient (Wildman–Crippen LogP) is 2.55. The molecule has 2 unspecified atom stereocenters. The van der Waals surface area contributed by atoms with Gasteiger partial charge in [0, 0.05) is 23.1 Å². The summed E-state index contributed by atoms with van der Waals surface area (Å²) in [6, 6.07) is 7.58. The smallest absolute Gasteiger partial charge is 0.251 e. The number of benzene rings is 1. The summed E-state index contributed by atoms with van der Waals surface area (Å²) in [4.78, 5) is 13.1. The molecule has 0 aliphatic heterocycles. The van der Waals surface area contributed by atoms with Crippen LogP contribution in [0, 0.1) is 5.92 Å². The molecule has 0 bridgehead atoms. The van der Waals surface area contributed by atoms with Gasteiger partial charge in [0.1, 0.15) is 0 Å². The summed E-state index contributed by atoms with van der Waals surface area (Å²) < 4.78 is 0. The fourth-order valence-electron chi connectivity index (χ4n) is 1.48. The standard InChI is InChI=1S/C14H21NO2S/c1-4-18-13-7-5-6-12(8-13)14(17)15-11(3)10(2)9-16/h5-8,10-11,16H,4,9H2,1-3H3,(H,15,17). The molecule has 1 aromatic carbocycles. The molecule has 18 heavy (non-hydrogen) atoms. The third-order valence-electron chi connectivity index (χ3n) is 2.91. The van der Waals surface area contributed by atoms with E-state index < -0.39 is 0 Å². The van der Waals surface area contributed by atoms with Gasteiger partial charge in [0.15, 0.2) is 0 Å². The second kappa shape index (κ2) is 7.44. The van der Waals surface area contributed by atoms with Crippen LogP contribution in [0.4, 0.5) is 0 Å². The van der Waals surface area contributed by atoms with Crippen LogP contribution < -0.4 is 5.32 Å². The highest BCUT2D eigenvalue weighted by molar-refractivity contribution is 7.99. The Morgan fingerprint density at radius 1 is 1.44 bits per heavy atom. The Bertz CT molecular complexity index is 395.